The predicted molar refractivity (Wildman–Crippen MR) is 111 cm³/mol. The minimum absolute atomic E-state index is 0.0378. The molecule has 0 bridgehead atoms. The molecule has 2 fully saturated rings. The van der Waals surface area contributed by atoms with Gasteiger partial charge >= 0.3 is 5.97 Å². The fourth-order valence-corrected chi connectivity index (χ4v) is 4.57. The number of piperidine rings is 1. The summed E-state index contributed by atoms with van der Waals surface area (Å²) in [4.78, 5) is 44.3. The van der Waals surface area contributed by atoms with Crippen molar-refractivity contribution in [3.05, 3.63) is 23.4 Å². The second kappa shape index (κ2) is 8.99. The van der Waals surface area contributed by atoms with E-state index in [0.717, 1.165) is 31.7 Å². The number of carbonyl (C=O) groups excluding carboxylic acids is 2. The monoisotopic (exact) mass is 418 g/mol. The Bertz CT molecular complexity index is 805. The molecule has 30 heavy (non-hydrogen) atoms. The average Bonchev–Trinajstić information content (AvgIpc) is 3.21. The van der Waals surface area contributed by atoms with E-state index in [1.807, 2.05) is 43.1 Å². The molecule has 1 amide bonds. The first-order valence-corrected chi connectivity index (χ1v) is 10.2. The molecule has 3 aliphatic rings. The standard InChI is InChI=1S/C20H28N4O3.CH2O2/c1-22(2)13-15-12-20(19(26)27-15)7-10-24(11-8-20)18(25)16-5-4-14-6-9-23(3)17(14)21-16;2-1-3/h4-5,15H,6-13H2,1-3H3;1H,(H,2,3). The minimum Gasteiger partial charge on any atom is -0.483 e. The number of hydrogen-bond donors (Lipinski definition) is 1. The number of carboxylic acid groups (broad SMARTS) is 1. The molecule has 1 aromatic heterocycles. The summed E-state index contributed by atoms with van der Waals surface area (Å²) in [6, 6.07) is 3.85. The highest BCUT2D eigenvalue weighted by molar-refractivity contribution is 5.93. The Morgan fingerprint density at radius 2 is 2.00 bits per heavy atom. The summed E-state index contributed by atoms with van der Waals surface area (Å²) in [6.07, 6.45) is 3.05. The van der Waals surface area contributed by atoms with Gasteiger partial charge in [-0.1, -0.05) is 6.07 Å². The highest BCUT2D eigenvalue weighted by atomic mass is 16.6. The summed E-state index contributed by atoms with van der Waals surface area (Å²) >= 11 is 0. The van der Waals surface area contributed by atoms with Crippen molar-refractivity contribution in [3.8, 4) is 0 Å². The number of nitrogens with zero attached hydrogens (tertiary/aromatic N) is 4. The van der Waals surface area contributed by atoms with Gasteiger partial charge in [-0.25, -0.2) is 4.98 Å². The third-order valence-corrected chi connectivity index (χ3v) is 6.15. The number of hydrogen-bond acceptors (Lipinski definition) is 7. The number of pyridine rings is 1. The molecule has 0 aliphatic carbocycles. The van der Waals surface area contributed by atoms with E-state index in [2.05, 4.69) is 9.88 Å². The molecule has 3 aliphatic heterocycles. The van der Waals surface area contributed by atoms with Gasteiger partial charge < -0.3 is 24.5 Å². The van der Waals surface area contributed by atoms with Crippen molar-refractivity contribution in [2.24, 2.45) is 5.41 Å². The maximum atomic E-state index is 12.9. The lowest BCUT2D eigenvalue weighted by Gasteiger charge is -2.36. The van der Waals surface area contributed by atoms with Gasteiger partial charge in [-0.15, -0.1) is 0 Å². The summed E-state index contributed by atoms with van der Waals surface area (Å²) in [5.41, 5.74) is 1.29. The number of anilines is 1. The van der Waals surface area contributed by atoms with Gasteiger partial charge in [-0.2, -0.15) is 0 Å². The van der Waals surface area contributed by atoms with E-state index in [9.17, 15) is 9.59 Å². The van der Waals surface area contributed by atoms with E-state index in [1.165, 1.54) is 5.56 Å². The fourth-order valence-electron chi connectivity index (χ4n) is 4.57. The number of likely N-dealkylation sites (tertiary alicyclic amines) is 1. The number of ether oxygens (including phenoxy) is 1. The van der Waals surface area contributed by atoms with Crippen LogP contribution in [0.5, 0.6) is 0 Å². The van der Waals surface area contributed by atoms with Crippen LogP contribution in [0.25, 0.3) is 0 Å². The van der Waals surface area contributed by atoms with Crippen LogP contribution in [0.3, 0.4) is 0 Å². The molecule has 1 spiro atoms. The number of aromatic nitrogens is 1. The average molecular weight is 418 g/mol. The van der Waals surface area contributed by atoms with Gasteiger partial charge in [-0.3, -0.25) is 14.4 Å². The zero-order valence-corrected chi connectivity index (χ0v) is 17.8. The molecule has 0 radical (unpaired) electrons. The van der Waals surface area contributed by atoms with Crippen molar-refractivity contribution in [2.75, 3.05) is 52.2 Å². The van der Waals surface area contributed by atoms with Gasteiger partial charge in [0.15, 0.2) is 0 Å². The van der Waals surface area contributed by atoms with E-state index in [4.69, 9.17) is 14.6 Å². The van der Waals surface area contributed by atoms with Gasteiger partial charge in [0.05, 0.1) is 5.41 Å². The summed E-state index contributed by atoms with van der Waals surface area (Å²) in [5, 5.41) is 6.89. The number of esters is 1. The zero-order chi connectivity index (χ0) is 21.9. The molecule has 164 valence electrons. The van der Waals surface area contributed by atoms with Crippen LogP contribution in [0.1, 0.15) is 35.3 Å². The van der Waals surface area contributed by atoms with Gasteiger partial charge in [0.2, 0.25) is 0 Å². The normalized spacial score (nSPS) is 21.9. The lowest BCUT2D eigenvalue weighted by atomic mass is 9.76. The molecular weight excluding hydrogens is 388 g/mol. The van der Waals surface area contributed by atoms with Crippen molar-refractivity contribution in [1.29, 1.82) is 0 Å². The Kier molecular flexibility index (Phi) is 6.60. The van der Waals surface area contributed by atoms with E-state index < -0.39 is 5.41 Å². The molecule has 4 heterocycles. The Morgan fingerprint density at radius 3 is 2.63 bits per heavy atom. The van der Waals surface area contributed by atoms with Crippen LogP contribution in [0.4, 0.5) is 5.82 Å². The molecule has 9 heteroatoms. The molecule has 9 nitrogen and oxygen atoms in total. The van der Waals surface area contributed by atoms with Crippen LogP contribution in [-0.4, -0.2) is 91.7 Å². The number of amides is 1. The number of rotatable bonds is 3. The Hall–Kier alpha value is -2.68. The number of carbonyl (C=O) groups is 3. The van der Waals surface area contributed by atoms with Crippen LogP contribution in [-0.2, 0) is 20.7 Å². The van der Waals surface area contributed by atoms with Crippen LogP contribution in [0, 0.1) is 5.41 Å². The Labute approximate surface area is 176 Å². The molecule has 2 saturated heterocycles. The summed E-state index contributed by atoms with van der Waals surface area (Å²) in [7, 11) is 5.98. The van der Waals surface area contributed by atoms with E-state index in [0.29, 0.717) is 31.6 Å². The molecule has 1 aromatic rings. The largest absolute Gasteiger partial charge is 0.483 e. The molecule has 0 aromatic carbocycles. The third-order valence-electron chi connectivity index (χ3n) is 6.15. The van der Waals surface area contributed by atoms with Crippen LogP contribution in [0.15, 0.2) is 12.1 Å². The number of cyclic esters (lactones) is 1. The first-order valence-electron chi connectivity index (χ1n) is 10.2. The zero-order valence-electron chi connectivity index (χ0n) is 17.8. The Balaban J connectivity index is 0.000000806. The van der Waals surface area contributed by atoms with E-state index in [1.54, 1.807) is 0 Å². The van der Waals surface area contributed by atoms with Crippen molar-refractivity contribution in [1.82, 2.24) is 14.8 Å². The second-order valence-corrected chi connectivity index (χ2v) is 8.52. The molecule has 4 rings (SSSR count). The molecule has 1 unspecified atom stereocenters. The fraction of sp³-hybridized carbons (Fsp3) is 0.619. The van der Waals surface area contributed by atoms with Crippen molar-refractivity contribution < 1.29 is 24.2 Å². The maximum absolute atomic E-state index is 12.9. The third kappa shape index (κ3) is 4.40. The topological polar surface area (TPSA) is 103 Å². The van der Waals surface area contributed by atoms with E-state index >= 15 is 0 Å². The molecular formula is C21H30N4O5. The van der Waals surface area contributed by atoms with Crippen molar-refractivity contribution in [2.45, 2.75) is 31.8 Å². The van der Waals surface area contributed by atoms with Gasteiger partial charge in [-0.05, 0) is 45.0 Å². The smallest absolute Gasteiger partial charge is 0.312 e. The summed E-state index contributed by atoms with van der Waals surface area (Å²) in [6.45, 7) is 2.61. The van der Waals surface area contributed by atoms with Crippen LogP contribution < -0.4 is 4.90 Å². The minimum atomic E-state index is -0.414. The molecule has 0 saturated carbocycles. The first kappa shape index (κ1) is 22.0. The quantitative estimate of drug-likeness (QED) is 0.570. The van der Waals surface area contributed by atoms with Crippen LogP contribution >= 0.6 is 0 Å². The lowest BCUT2D eigenvalue weighted by Crippen LogP contribution is -2.45. The highest BCUT2D eigenvalue weighted by Crippen LogP contribution is 2.43. The van der Waals surface area contributed by atoms with Crippen LogP contribution in [0.2, 0.25) is 0 Å². The summed E-state index contributed by atoms with van der Waals surface area (Å²) in [5.74, 6) is 0.795. The number of fused-ring (bicyclic) bond motifs is 1. The predicted octanol–water partition coefficient (Wildman–Crippen LogP) is 0.874. The first-order chi connectivity index (χ1) is 14.3. The van der Waals surface area contributed by atoms with Gasteiger partial charge in [0, 0.05) is 39.6 Å². The second-order valence-electron chi connectivity index (χ2n) is 8.52. The lowest BCUT2D eigenvalue weighted by molar-refractivity contribution is -0.150. The van der Waals surface area contributed by atoms with Crippen molar-refractivity contribution in [3.63, 3.8) is 0 Å². The Morgan fingerprint density at radius 1 is 1.33 bits per heavy atom. The maximum Gasteiger partial charge on any atom is 0.312 e. The molecule has 1 atom stereocenters. The number of likely N-dealkylation sites (N-methyl/N-ethyl adjacent to an activating group) is 2. The van der Waals surface area contributed by atoms with Crippen molar-refractivity contribution >= 4 is 24.2 Å². The van der Waals surface area contributed by atoms with Gasteiger partial charge in [0.1, 0.15) is 17.6 Å². The highest BCUT2D eigenvalue weighted by Gasteiger charge is 2.50. The SMILES string of the molecule is CN(C)CC1CC2(CCN(C(=O)c3ccc4c(n3)N(C)CC4)CC2)C(=O)O1.O=CO. The van der Waals surface area contributed by atoms with E-state index in [-0.39, 0.29) is 24.5 Å². The molecule has 1 N–H and O–H groups in total. The summed E-state index contributed by atoms with van der Waals surface area (Å²) < 4.78 is 5.61. The van der Waals surface area contributed by atoms with Gasteiger partial charge in [0.25, 0.3) is 12.4 Å².